The van der Waals surface area contributed by atoms with E-state index in [1.54, 1.807) is 0 Å². The highest BCUT2D eigenvalue weighted by molar-refractivity contribution is 9.10. The van der Waals surface area contributed by atoms with Crippen LogP contribution in [0, 0.1) is 5.41 Å². The third-order valence-corrected chi connectivity index (χ3v) is 4.70. The predicted octanol–water partition coefficient (Wildman–Crippen LogP) is 3.06. The highest BCUT2D eigenvalue weighted by Gasteiger charge is 2.39. The van der Waals surface area contributed by atoms with Crippen LogP contribution in [0.4, 0.5) is 0 Å². The zero-order valence-corrected chi connectivity index (χ0v) is 12.9. The monoisotopic (exact) mass is 330 g/mol. The Labute approximate surface area is 124 Å². The van der Waals surface area contributed by atoms with E-state index in [1.165, 1.54) is 49.1 Å². The van der Waals surface area contributed by atoms with Crippen LogP contribution < -0.4 is 5.32 Å². The minimum Gasteiger partial charge on any atom is -0.316 e. The quantitative estimate of drug-likeness (QED) is 0.896. The van der Waals surface area contributed by atoms with Crippen LogP contribution in [0.15, 0.2) is 28.7 Å². The molecule has 4 heteroatoms. The number of halogens is 2. The SMILES string of the molecule is Brc1ccc(CN2CCC3(CCNC3)C2)cc1.Cl. The van der Waals surface area contributed by atoms with E-state index in [0.717, 1.165) is 6.54 Å². The van der Waals surface area contributed by atoms with Crippen molar-refractivity contribution in [3.05, 3.63) is 34.3 Å². The highest BCUT2D eigenvalue weighted by atomic mass is 79.9. The second-order valence-corrected chi connectivity index (χ2v) is 6.43. The summed E-state index contributed by atoms with van der Waals surface area (Å²) in [7, 11) is 0. The predicted molar refractivity (Wildman–Crippen MR) is 81.2 cm³/mol. The van der Waals surface area contributed by atoms with Crippen molar-refractivity contribution >= 4 is 28.3 Å². The summed E-state index contributed by atoms with van der Waals surface area (Å²) in [5.41, 5.74) is 2.02. The average molecular weight is 332 g/mol. The Hall–Kier alpha value is -0.0900. The summed E-state index contributed by atoms with van der Waals surface area (Å²) < 4.78 is 1.17. The van der Waals surface area contributed by atoms with Crippen LogP contribution in [0.3, 0.4) is 0 Å². The maximum atomic E-state index is 3.51. The van der Waals surface area contributed by atoms with E-state index < -0.39 is 0 Å². The van der Waals surface area contributed by atoms with Gasteiger partial charge in [-0.3, -0.25) is 4.90 Å². The molecule has 1 spiro atoms. The van der Waals surface area contributed by atoms with Crippen LogP contribution in [0.5, 0.6) is 0 Å². The number of nitrogens with zero attached hydrogens (tertiary/aromatic N) is 1. The number of hydrogen-bond donors (Lipinski definition) is 1. The normalized spacial score (nSPS) is 27.6. The van der Waals surface area contributed by atoms with Crippen LogP contribution in [0.25, 0.3) is 0 Å². The molecule has 1 aromatic rings. The van der Waals surface area contributed by atoms with Crippen LogP contribution >= 0.6 is 28.3 Å². The van der Waals surface area contributed by atoms with Gasteiger partial charge in [0.05, 0.1) is 0 Å². The first-order valence-corrected chi connectivity index (χ1v) is 7.23. The van der Waals surface area contributed by atoms with Crippen molar-refractivity contribution in [1.29, 1.82) is 0 Å². The zero-order valence-electron chi connectivity index (χ0n) is 10.5. The highest BCUT2D eigenvalue weighted by Crippen LogP contribution is 2.36. The Morgan fingerprint density at radius 2 is 2.00 bits per heavy atom. The van der Waals surface area contributed by atoms with E-state index >= 15 is 0 Å². The molecule has 2 fully saturated rings. The van der Waals surface area contributed by atoms with Crippen LogP contribution in [0.1, 0.15) is 18.4 Å². The molecular weight excluding hydrogens is 312 g/mol. The summed E-state index contributed by atoms with van der Waals surface area (Å²) in [4.78, 5) is 2.61. The van der Waals surface area contributed by atoms with E-state index in [2.05, 4.69) is 50.4 Å². The first kappa shape index (κ1) is 14.3. The van der Waals surface area contributed by atoms with Crippen molar-refractivity contribution in [3.63, 3.8) is 0 Å². The third kappa shape index (κ3) is 3.08. The fraction of sp³-hybridized carbons (Fsp3) is 0.571. The van der Waals surface area contributed by atoms with Crippen LogP contribution in [-0.2, 0) is 6.54 Å². The van der Waals surface area contributed by atoms with Gasteiger partial charge in [0.15, 0.2) is 0 Å². The second kappa shape index (κ2) is 5.91. The second-order valence-electron chi connectivity index (χ2n) is 5.51. The third-order valence-electron chi connectivity index (χ3n) is 4.17. The first-order chi connectivity index (χ1) is 8.26. The van der Waals surface area contributed by atoms with Gasteiger partial charge in [-0.2, -0.15) is 0 Å². The van der Waals surface area contributed by atoms with E-state index in [4.69, 9.17) is 0 Å². The van der Waals surface area contributed by atoms with Gasteiger partial charge in [0.25, 0.3) is 0 Å². The molecule has 0 bridgehead atoms. The molecule has 1 atom stereocenters. The van der Waals surface area contributed by atoms with Crippen molar-refractivity contribution in [2.24, 2.45) is 5.41 Å². The molecule has 2 aliphatic rings. The van der Waals surface area contributed by atoms with Gasteiger partial charge in [0.1, 0.15) is 0 Å². The molecule has 2 nitrogen and oxygen atoms in total. The van der Waals surface area contributed by atoms with Gasteiger partial charge < -0.3 is 5.32 Å². The fourth-order valence-electron chi connectivity index (χ4n) is 3.15. The molecule has 1 unspecified atom stereocenters. The number of nitrogens with one attached hydrogen (secondary N) is 1. The standard InChI is InChI=1S/C14H19BrN2.ClH/c15-13-3-1-12(2-4-13)9-17-8-6-14(11-17)5-7-16-10-14;/h1-4,16H,5-11H2;1H. The van der Waals surface area contributed by atoms with Crippen molar-refractivity contribution in [3.8, 4) is 0 Å². The smallest absolute Gasteiger partial charge is 0.0233 e. The van der Waals surface area contributed by atoms with Gasteiger partial charge in [0.2, 0.25) is 0 Å². The molecule has 1 aromatic carbocycles. The molecule has 0 aliphatic carbocycles. The molecule has 0 aromatic heterocycles. The van der Waals surface area contributed by atoms with Gasteiger partial charge in [-0.25, -0.2) is 0 Å². The fourth-order valence-corrected chi connectivity index (χ4v) is 3.42. The van der Waals surface area contributed by atoms with Gasteiger partial charge in [-0.15, -0.1) is 12.4 Å². The molecule has 0 radical (unpaired) electrons. The van der Waals surface area contributed by atoms with Crippen LogP contribution in [0.2, 0.25) is 0 Å². The lowest BCUT2D eigenvalue weighted by Gasteiger charge is -2.22. The van der Waals surface area contributed by atoms with E-state index in [-0.39, 0.29) is 12.4 Å². The minimum absolute atomic E-state index is 0. The Kier molecular flexibility index (Phi) is 4.70. The molecule has 0 saturated carbocycles. The molecule has 0 amide bonds. The topological polar surface area (TPSA) is 15.3 Å². The summed E-state index contributed by atoms with van der Waals surface area (Å²) in [5, 5.41) is 3.51. The van der Waals surface area contributed by atoms with Gasteiger partial charge in [-0.05, 0) is 49.0 Å². The zero-order chi connectivity index (χ0) is 11.7. The number of rotatable bonds is 2. The van der Waals surface area contributed by atoms with Crippen molar-refractivity contribution < 1.29 is 0 Å². The number of benzene rings is 1. The lowest BCUT2D eigenvalue weighted by Crippen LogP contribution is -2.28. The maximum absolute atomic E-state index is 3.51. The van der Waals surface area contributed by atoms with Crippen molar-refractivity contribution in [2.45, 2.75) is 19.4 Å². The lowest BCUT2D eigenvalue weighted by molar-refractivity contribution is 0.268. The van der Waals surface area contributed by atoms with Gasteiger partial charge >= 0.3 is 0 Å². The maximum Gasteiger partial charge on any atom is 0.0233 e. The van der Waals surface area contributed by atoms with Crippen molar-refractivity contribution in [1.82, 2.24) is 10.2 Å². The van der Waals surface area contributed by atoms with Crippen LogP contribution in [-0.4, -0.2) is 31.1 Å². The van der Waals surface area contributed by atoms with Gasteiger partial charge in [-0.1, -0.05) is 28.1 Å². The van der Waals surface area contributed by atoms with E-state index in [9.17, 15) is 0 Å². The minimum atomic E-state index is 0. The molecule has 1 N–H and O–H groups in total. The Morgan fingerprint density at radius 3 is 2.67 bits per heavy atom. The summed E-state index contributed by atoms with van der Waals surface area (Å²) in [6.45, 7) is 6.08. The molecule has 2 heterocycles. The lowest BCUT2D eigenvalue weighted by atomic mass is 9.87. The Bertz CT molecular complexity index is 387. The van der Waals surface area contributed by atoms with Gasteiger partial charge in [0, 0.05) is 24.1 Å². The number of likely N-dealkylation sites (tertiary alicyclic amines) is 1. The summed E-state index contributed by atoms with van der Waals surface area (Å²) in [5.74, 6) is 0. The first-order valence-electron chi connectivity index (χ1n) is 6.43. The molecule has 2 aliphatic heterocycles. The largest absolute Gasteiger partial charge is 0.316 e. The molecule has 100 valence electrons. The molecule has 2 saturated heterocycles. The summed E-state index contributed by atoms with van der Waals surface area (Å²) in [6.07, 6.45) is 2.74. The average Bonchev–Trinajstić information content (AvgIpc) is 2.94. The van der Waals surface area contributed by atoms with E-state index in [1.807, 2.05) is 0 Å². The summed E-state index contributed by atoms with van der Waals surface area (Å²) in [6, 6.07) is 8.72. The Morgan fingerprint density at radius 1 is 1.22 bits per heavy atom. The Balaban J connectivity index is 0.00000120. The molecular formula is C14H20BrClN2. The molecule has 3 rings (SSSR count). The number of hydrogen-bond acceptors (Lipinski definition) is 2. The van der Waals surface area contributed by atoms with E-state index in [0.29, 0.717) is 5.41 Å². The molecule has 18 heavy (non-hydrogen) atoms. The summed E-state index contributed by atoms with van der Waals surface area (Å²) >= 11 is 3.49. The van der Waals surface area contributed by atoms with Crippen molar-refractivity contribution in [2.75, 3.05) is 26.2 Å².